The lowest BCUT2D eigenvalue weighted by Gasteiger charge is -2.34. The van der Waals surface area contributed by atoms with Crippen LogP contribution in [0.25, 0.3) is 0 Å². The van der Waals surface area contributed by atoms with E-state index in [4.69, 9.17) is 10.00 Å². The molecular weight excluding hydrogens is 204 g/mol. The highest BCUT2D eigenvalue weighted by Gasteiger charge is 2.32. The van der Waals surface area contributed by atoms with Crippen molar-refractivity contribution in [2.45, 2.75) is 26.7 Å². The Bertz CT molecular complexity index is 294. The molecule has 0 saturated carbocycles. The Labute approximate surface area is 97.2 Å². The summed E-state index contributed by atoms with van der Waals surface area (Å²) in [6, 6.07) is 2.31. The zero-order chi connectivity index (χ0) is 12.2. The Hall–Kier alpha value is -1.08. The Morgan fingerprint density at radius 1 is 1.62 bits per heavy atom. The van der Waals surface area contributed by atoms with E-state index in [1.165, 1.54) is 7.11 Å². The number of carbonyl (C=O) groups is 1. The number of methoxy groups -OCH3 is 1. The first-order valence-electron chi connectivity index (χ1n) is 5.70. The first kappa shape index (κ1) is 13.0. The van der Waals surface area contributed by atoms with Gasteiger partial charge in [0.15, 0.2) is 0 Å². The number of ether oxygens (including phenoxy) is 1. The van der Waals surface area contributed by atoms with Crippen molar-refractivity contribution in [1.29, 1.82) is 5.26 Å². The number of carbonyl (C=O) groups excluding carboxylic acids is 1. The fourth-order valence-electron chi connectivity index (χ4n) is 2.20. The van der Waals surface area contributed by atoms with E-state index in [0.29, 0.717) is 6.54 Å². The van der Waals surface area contributed by atoms with Gasteiger partial charge in [0.05, 0.1) is 24.5 Å². The fraction of sp³-hybridized carbons (Fsp3) is 0.833. The molecule has 1 unspecified atom stereocenters. The number of likely N-dealkylation sites (tertiary alicyclic amines) is 1. The standard InChI is InChI=1S/C12H20N2O2/c1-12(2,11(15)16-3)9-14-6-4-5-10(7-13)8-14/h10H,4-6,8-9H2,1-3H3. The summed E-state index contributed by atoms with van der Waals surface area (Å²) in [5.41, 5.74) is -0.494. The minimum atomic E-state index is -0.494. The van der Waals surface area contributed by atoms with Crippen LogP contribution in [0.5, 0.6) is 0 Å². The van der Waals surface area contributed by atoms with Crippen molar-refractivity contribution in [3.8, 4) is 6.07 Å². The summed E-state index contributed by atoms with van der Waals surface area (Å²) in [5.74, 6) is -0.0752. The van der Waals surface area contributed by atoms with E-state index in [0.717, 1.165) is 25.9 Å². The van der Waals surface area contributed by atoms with Gasteiger partial charge in [-0.15, -0.1) is 0 Å². The van der Waals surface area contributed by atoms with E-state index < -0.39 is 5.41 Å². The van der Waals surface area contributed by atoms with Gasteiger partial charge in [-0.25, -0.2) is 0 Å². The average molecular weight is 224 g/mol. The van der Waals surface area contributed by atoms with Crippen molar-refractivity contribution >= 4 is 5.97 Å². The fourth-order valence-corrected chi connectivity index (χ4v) is 2.20. The van der Waals surface area contributed by atoms with Gasteiger partial charge in [-0.3, -0.25) is 4.79 Å². The smallest absolute Gasteiger partial charge is 0.312 e. The van der Waals surface area contributed by atoms with Crippen LogP contribution >= 0.6 is 0 Å². The van der Waals surface area contributed by atoms with E-state index in [9.17, 15) is 4.79 Å². The van der Waals surface area contributed by atoms with Crippen molar-refractivity contribution in [1.82, 2.24) is 4.90 Å². The molecule has 1 rings (SSSR count). The topological polar surface area (TPSA) is 53.3 Å². The molecule has 0 aromatic heterocycles. The lowest BCUT2D eigenvalue weighted by molar-refractivity contribution is -0.152. The van der Waals surface area contributed by atoms with E-state index in [2.05, 4.69) is 11.0 Å². The van der Waals surface area contributed by atoms with Crippen LogP contribution in [0, 0.1) is 22.7 Å². The number of esters is 1. The highest BCUT2D eigenvalue weighted by molar-refractivity contribution is 5.76. The summed E-state index contributed by atoms with van der Waals surface area (Å²) in [5, 5.41) is 8.89. The minimum Gasteiger partial charge on any atom is -0.469 e. The van der Waals surface area contributed by atoms with Gasteiger partial charge in [-0.05, 0) is 33.2 Å². The summed E-state index contributed by atoms with van der Waals surface area (Å²) in [4.78, 5) is 13.7. The molecule has 0 aromatic carbocycles. The molecule has 0 N–H and O–H groups in total. The van der Waals surface area contributed by atoms with Crippen molar-refractivity contribution in [2.75, 3.05) is 26.7 Å². The highest BCUT2D eigenvalue weighted by atomic mass is 16.5. The summed E-state index contributed by atoms with van der Waals surface area (Å²) >= 11 is 0. The second-order valence-corrected chi connectivity index (χ2v) is 5.08. The lowest BCUT2D eigenvalue weighted by atomic mass is 9.90. The molecule has 1 aliphatic rings. The van der Waals surface area contributed by atoms with Crippen LogP contribution in [-0.4, -0.2) is 37.6 Å². The molecule has 1 aliphatic heterocycles. The molecule has 4 nitrogen and oxygen atoms in total. The maximum absolute atomic E-state index is 11.5. The first-order valence-corrected chi connectivity index (χ1v) is 5.70. The monoisotopic (exact) mass is 224 g/mol. The third-order valence-corrected chi connectivity index (χ3v) is 3.04. The molecule has 4 heteroatoms. The molecule has 0 amide bonds. The summed E-state index contributed by atoms with van der Waals surface area (Å²) < 4.78 is 4.78. The van der Waals surface area contributed by atoms with Crippen molar-refractivity contribution in [3.05, 3.63) is 0 Å². The Morgan fingerprint density at radius 2 is 2.31 bits per heavy atom. The average Bonchev–Trinajstić information content (AvgIpc) is 2.27. The zero-order valence-electron chi connectivity index (χ0n) is 10.3. The lowest BCUT2D eigenvalue weighted by Crippen LogP contribution is -2.44. The SMILES string of the molecule is COC(=O)C(C)(C)CN1CCCC(C#N)C1. The molecule has 1 atom stereocenters. The maximum Gasteiger partial charge on any atom is 0.312 e. The Balaban J connectivity index is 2.53. The number of nitriles is 1. The van der Waals surface area contributed by atoms with Crippen molar-refractivity contribution < 1.29 is 9.53 Å². The molecule has 0 spiro atoms. The van der Waals surface area contributed by atoms with E-state index in [1.54, 1.807) is 0 Å². The van der Waals surface area contributed by atoms with Gasteiger partial charge in [0.25, 0.3) is 0 Å². The van der Waals surface area contributed by atoms with E-state index >= 15 is 0 Å². The molecule has 16 heavy (non-hydrogen) atoms. The van der Waals surface area contributed by atoms with Crippen molar-refractivity contribution in [3.63, 3.8) is 0 Å². The predicted molar refractivity (Wildman–Crippen MR) is 60.6 cm³/mol. The largest absolute Gasteiger partial charge is 0.469 e. The summed E-state index contributed by atoms with van der Waals surface area (Å²) in [6.45, 7) is 6.18. The number of hydrogen-bond acceptors (Lipinski definition) is 4. The predicted octanol–water partition coefficient (Wildman–Crippen LogP) is 1.42. The van der Waals surface area contributed by atoms with E-state index in [-0.39, 0.29) is 11.9 Å². The summed E-state index contributed by atoms with van der Waals surface area (Å²) in [7, 11) is 1.42. The van der Waals surface area contributed by atoms with Crippen LogP contribution < -0.4 is 0 Å². The van der Waals surface area contributed by atoms with Crippen LogP contribution in [0.15, 0.2) is 0 Å². The number of nitrogens with zero attached hydrogens (tertiary/aromatic N) is 2. The van der Waals surface area contributed by atoms with Gasteiger partial charge < -0.3 is 9.64 Å². The van der Waals surface area contributed by atoms with Crippen LogP contribution in [0.4, 0.5) is 0 Å². The molecule has 90 valence electrons. The first-order chi connectivity index (χ1) is 7.49. The second-order valence-electron chi connectivity index (χ2n) is 5.08. The van der Waals surface area contributed by atoms with Gasteiger partial charge in [0.1, 0.15) is 0 Å². The third-order valence-electron chi connectivity index (χ3n) is 3.04. The minimum absolute atomic E-state index is 0.113. The Morgan fingerprint density at radius 3 is 2.88 bits per heavy atom. The third kappa shape index (κ3) is 3.21. The molecule has 0 aliphatic carbocycles. The number of rotatable bonds is 3. The van der Waals surface area contributed by atoms with Gasteiger partial charge in [0.2, 0.25) is 0 Å². The molecule has 1 fully saturated rings. The van der Waals surface area contributed by atoms with Crippen molar-refractivity contribution in [2.24, 2.45) is 11.3 Å². The Kier molecular flexibility index (Phi) is 4.31. The maximum atomic E-state index is 11.5. The number of piperidine rings is 1. The molecule has 1 heterocycles. The van der Waals surface area contributed by atoms with E-state index in [1.807, 2.05) is 13.8 Å². The normalized spacial score (nSPS) is 22.5. The van der Waals surface area contributed by atoms with Crippen LogP contribution in [0.2, 0.25) is 0 Å². The molecule has 0 radical (unpaired) electrons. The van der Waals surface area contributed by atoms with Crippen LogP contribution in [0.1, 0.15) is 26.7 Å². The van der Waals surface area contributed by atoms with Crippen LogP contribution in [0.3, 0.4) is 0 Å². The quantitative estimate of drug-likeness (QED) is 0.680. The highest BCUT2D eigenvalue weighted by Crippen LogP contribution is 2.23. The van der Waals surface area contributed by atoms with Gasteiger partial charge in [-0.1, -0.05) is 0 Å². The molecule has 1 saturated heterocycles. The summed E-state index contributed by atoms with van der Waals surface area (Å²) in [6.07, 6.45) is 2.02. The van der Waals surface area contributed by atoms with Gasteiger partial charge in [-0.2, -0.15) is 5.26 Å². The zero-order valence-corrected chi connectivity index (χ0v) is 10.3. The molecule has 0 aromatic rings. The van der Waals surface area contributed by atoms with Gasteiger partial charge >= 0.3 is 5.97 Å². The van der Waals surface area contributed by atoms with Gasteiger partial charge in [0, 0.05) is 13.1 Å². The molecule has 0 bridgehead atoms. The van der Waals surface area contributed by atoms with Crippen LogP contribution in [-0.2, 0) is 9.53 Å². The molecular formula is C12H20N2O2. The number of hydrogen-bond donors (Lipinski definition) is 0. The second kappa shape index (κ2) is 5.31.